The number of hydrogen-bond donors (Lipinski definition) is 0. The van der Waals surface area contributed by atoms with E-state index >= 15 is 0 Å². The van der Waals surface area contributed by atoms with Crippen LogP contribution in [-0.2, 0) is 0 Å². The first-order chi connectivity index (χ1) is 27.5. The summed E-state index contributed by atoms with van der Waals surface area (Å²) < 4.78 is 0. The molecule has 0 unspecified atom stereocenters. The van der Waals surface area contributed by atoms with Crippen LogP contribution < -0.4 is 0 Å². The van der Waals surface area contributed by atoms with Crippen LogP contribution in [0.25, 0.3) is 99.1 Å². The second-order valence-corrected chi connectivity index (χ2v) is 15.1. The van der Waals surface area contributed by atoms with Crippen molar-refractivity contribution in [2.45, 2.75) is 13.8 Å². The van der Waals surface area contributed by atoms with Crippen molar-refractivity contribution >= 4 is 32.3 Å². The van der Waals surface area contributed by atoms with Gasteiger partial charge in [0.1, 0.15) is 0 Å². The first-order valence-electron chi connectivity index (χ1n) is 19.5. The molecule has 0 bridgehead atoms. The maximum absolute atomic E-state index is 2.41. The minimum Gasteiger partial charge on any atom is -0.0616 e. The van der Waals surface area contributed by atoms with E-state index in [1.54, 1.807) is 0 Å². The molecule has 0 atom stereocenters. The van der Waals surface area contributed by atoms with Crippen molar-refractivity contribution in [2.24, 2.45) is 0 Å². The zero-order valence-corrected chi connectivity index (χ0v) is 31.6. The highest BCUT2D eigenvalue weighted by Crippen LogP contribution is 2.40. The van der Waals surface area contributed by atoms with Crippen LogP contribution in [0.15, 0.2) is 206 Å². The normalized spacial score (nSPS) is 11.4. The van der Waals surface area contributed by atoms with E-state index in [1.807, 2.05) is 0 Å². The molecule has 0 aliphatic carbocycles. The molecule has 0 aliphatic rings. The predicted octanol–water partition coefficient (Wildman–Crippen LogP) is 15.8. The average molecular weight is 713 g/mol. The maximum atomic E-state index is 2.41. The Morgan fingerprint density at radius 1 is 0.179 bits per heavy atom. The molecule has 0 N–H and O–H groups in total. The Morgan fingerprint density at radius 3 is 0.750 bits per heavy atom. The van der Waals surface area contributed by atoms with Gasteiger partial charge in [-0.2, -0.15) is 0 Å². The monoisotopic (exact) mass is 712 g/mol. The quantitative estimate of drug-likeness (QED) is 0.151. The molecule has 0 aliphatic heterocycles. The Labute approximate surface area is 329 Å². The SMILES string of the molecule is Cc1ccc(-c2cccc(-c3cccc(-c4ccc5c6ccccc6c6ccc(-c7cccc(-c8cccc(-c9ccc(C)cc9)c8)c7)cc6c5c4)c3)c2)cc1. The molecule has 56 heavy (non-hydrogen) atoms. The van der Waals surface area contributed by atoms with E-state index in [1.165, 1.54) is 110 Å². The van der Waals surface area contributed by atoms with Gasteiger partial charge in [0.2, 0.25) is 0 Å². The van der Waals surface area contributed by atoms with E-state index < -0.39 is 0 Å². The maximum Gasteiger partial charge on any atom is -0.00926 e. The molecule has 0 saturated heterocycles. The zero-order chi connectivity index (χ0) is 37.6. The summed E-state index contributed by atoms with van der Waals surface area (Å²) in [7, 11) is 0. The second kappa shape index (κ2) is 14.0. The number of hydrogen-bond acceptors (Lipinski definition) is 0. The number of rotatable bonds is 6. The van der Waals surface area contributed by atoms with Gasteiger partial charge in [-0.05, 0) is 149 Å². The fourth-order valence-electron chi connectivity index (χ4n) is 8.32. The molecule has 0 heteroatoms. The van der Waals surface area contributed by atoms with Crippen molar-refractivity contribution in [3.05, 3.63) is 217 Å². The van der Waals surface area contributed by atoms with E-state index in [0.717, 1.165) is 0 Å². The standard InChI is InChI=1S/C56H40/c1-37-19-23-39(24-20-37)41-9-5-11-43(31-41)45-13-7-15-47(33-45)49-27-29-53-51-17-3-4-18-52(51)54-30-28-50(36-56(54)55(53)35-49)48-16-8-14-46(34-48)44-12-6-10-42(32-44)40-25-21-38(2)22-26-40/h3-36H,1-2H3. The number of benzene rings is 10. The third kappa shape index (κ3) is 6.26. The highest BCUT2D eigenvalue weighted by Gasteiger charge is 2.13. The Kier molecular flexibility index (Phi) is 8.38. The lowest BCUT2D eigenvalue weighted by molar-refractivity contribution is 1.47. The number of fused-ring (bicyclic) bond motifs is 6. The van der Waals surface area contributed by atoms with E-state index in [-0.39, 0.29) is 0 Å². The molecule has 0 nitrogen and oxygen atoms in total. The molecule has 0 heterocycles. The van der Waals surface area contributed by atoms with Gasteiger partial charge >= 0.3 is 0 Å². The summed E-state index contributed by atoms with van der Waals surface area (Å²) in [5.74, 6) is 0. The van der Waals surface area contributed by atoms with Crippen molar-refractivity contribution in [1.29, 1.82) is 0 Å². The van der Waals surface area contributed by atoms with E-state index in [0.29, 0.717) is 0 Å². The van der Waals surface area contributed by atoms with Gasteiger partial charge in [0.15, 0.2) is 0 Å². The van der Waals surface area contributed by atoms with Gasteiger partial charge in [-0.15, -0.1) is 0 Å². The van der Waals surface area contributed by atoms with E-state index in [9.17, 15) is 0 Å². The van der Waals surface area contributed by atoms with Crippen molar-refractivity contribution in [3.63, 3.8) is 0 Å². The van der Waals surface area contributed by atoms with Crippen LogP contribution in [-0.4, -0.2) is 0 Å². The fourth-order valence-corrected chi connectivity index (χ4v) is 8.32. The molecule has 0 amide bonds. The van der Waals surface area contributed by atoms with Crippen LogP contribution >= 0.6 is 0 Å². The summed E-state index contributed by atoms with van der Waals surface area (Å²) in [6.07, 6.45) is 0. The molecule has 0 radical (unpaired) electrons. The molecule has 10 aromatic rings. The van der Waals surface area contributed by atoms with Gasteiger partial charge in [0.05, 0.1) is 0 Å². The highest BCUT2D eigenvalue weighted by atomic mass is 14.2. The summed E-state index contributed by atoms with van der Waals surface area (Å²) >= 11 is 0. The third-order valence-corrected chi connectivity index (χ3v) is 11.4. The molecule has 0 spiro atoms. The molecule has 264 valence electrons. The van der Waals surface area contributed by atoms with Gasteiger partial charge in [-0.1, -0.05) is 181 Å². The van der Waals surface area contributed by atoms with Crippen LogP contribution in [0.5, 0.6) is 0 Å². The van der Waals surface area contributed by atoms with Crippen LogP contribution in [0.1, 0.15) is 11.1 Å². The van der Waals surface area contributed by atoms with Crippen molar-refractivity contribution in [1.82, 2.24) is 0 Å². The lowest BCUT2D eigenvalue weighted by atomic mass is 9.89. The molecule has 10 rings (SSSR count). The lowest BCUT2D eigenvalue weighted by Gasteiger charge is -2.14. The first-order valence-corrected chi connectivity index (χ1v) is 19.5. The molecule has 0 fully saturated rings. The zero-order valence-electron chi connectivity index (χ0n) is 31.6. The topological polar surface area (TPSA) is 0 Å². The summed E-state index contributed by atoms with van der Waals surface area (Å²) in [6.45, 7) is 4.27. The largest absolute Gasteiger partial charge is 0.0616 e. The second-order valence-electron chi connectivity index (χ2n) is 15.1. The van der Waals surface area contributed by atoms with Crippen LogP contribution in [0.4, 0.5) is 0 Å². The van der Waals surface area contributed by atoms with Crippen molar-refractivity contribution in [3.8, 4) is 66.8 Å². The van der Waals surface area contributed by atoms with Crippen LogP contribution in [0.2, 0.25) is 0 Å². The van der Waals surface area contributed by atoms with Crippen LogP contribution in [0.3, 0.4) is 0 Å². The Morgan fingerprint density at radius 2 is 0.429 bits per heavy atom. The molecular formula is C56H40. The summed E-state index contributed by atoms with van der Waals surface area (Å²) in [5, 5.41) is 7.66. The predicted molar refractivity (Wildman–Crippen MR) is 241 cm³/mol. The fraction of sp³-hybridized carbons (Fsp3) is 0.0357. The molecule has 10 aromatic carbocycles. The Balaban J connectivity index is 1.06. The van der Waals surface area contributed by atoms with E-state index in [4.69, 9.17) is 0 Å². The Hall–Kier alpha value is -7.02. The minimum absolute atomic E-state index is 1.21. The van der Waals surface area contributed by atoms with Gasteiger partial charge < -0.3 is 0 Å². The molecular weight excluding hydrogens is 673 g/mol. The first kappa shape index (κ1) is 33.5. The Bertz CT molecular complexity index is 2860. The van der Waals surface area contributed by atoms with Crippen molar-refractivity contribution in [2.75, 3.05) is 0 Å². The van der Waals surface area contributed by atoms with Crippen LogP contribution in [0, 0.1) is 13.8 Å². The molecule has 0 aromatic heterocycles. The van der Waals surface area contributed by atoms with Crippen molar-refractivity contribution < 1.29 is 0 Å². The number of aryl methyl sites for hydroxylation is 2. The smallest absolute Gasteiger partial charge is 0.00926 e. The van der Waals surface area contributed by atoms with Gasteiger partial charge in [0.25, 0.3) is 0 Å². The lowest BCUT2D eigenvalue weighted by Crippen LogP contribution is -1.88. The highest BCUT2D eigenvalue weighted by molar-refractivity contribution is 6.26. The average Bonchev–Trinajstić information content (AvgIpc) is 3.27. The van der Waals surface area contributed by atoms with Gasteiger partial charge in [-0.25, -0.2) is 0 Å². The third-order valence-electron chi connectivity index (χ3n) is 11.4. The van der Waals surface area contributed by atoms with E-state index in [2.05, 4.69) is 220 Å². The summed E-state index contributed by atoms with van der Waals surface area (Å²) in [4.78, 5) is 0. The van der Waals surface area contributed by atoms with Gasteiger partial charge in [0, 0.05) is 0 Å². The minimum atomic E-state index is 1.21. The summed E-state index contributed by atoms with van der Waals surface area (Å²) in [5.41, 5.74) is 17.2. The van der Waals surface area contributed by atoms with Gasteiger partial charge in [-0.3, -0.25) is 0 Å². The summed E-state index contributed by atoms with van der Waals surface area (Å²) in [6, 6.07) is 76.2. The molecule has 0 saturated carbocycles.